The second-order valence-corrected chi connectivity index (χ2v) is 8.11. The van der Waals surface area contributed by atoms with Crippen LogP contribution in [0.4, 0.5) is 0 Å². The Morgan fingerprint density at radius 3 is 2.17 bits per heavy atom. The Kier molecular flexibility index (Phi) is 7.50. The molecule has 29 heavy (non-hydrogen) atoms. The number of ether oxygens (including phenoxy) is 3. The average molecular weight is 465 g/mol. The van der Waals surface area contributed by atoms with Crippen molar-refractivity contribution in [3.05, 3.63) is 52.0 Å². The standard InChI is InChI=1S/C21H25BrN2O5/c1-21(2,3)14-7-9-16(15(22)11-14)29-12-19(25)23-24-20(26)13-6-8-17(27-4)18(10-13)28-5/h6-11H,12H2,1-5H3,(H,23,25)(H,24,26). The molecule has 0 aliphatic rings. The van der Waals surface area contributed by atoms with Gasteiger partial charge in [-0.25, -0.2) is 0 Å². The minimum atomic E-state index is -0.495. The lowest BCUT2D eigenvalue weighted by atomic mass is 9.87. The Labute approximate surface area is 178 Å². The number of hydrogen-bond acceptors (Lipinski definition) is 5. The molecule has 0 fully saturated rings. The summed E-state index contributed by atoms with van der Waals surface area (Å²) in [7, 11) is 2.98. The van der Waals surface area contributed by atoms with E-state index in [1.54, 1.807) is 18.2 Å². The lowest BCUT2D eigenvalue weighted by molar-refractivity contribution is -0.123. The molecule has 0 radical (unpaired) electrons. The molecule has 0 saturated carbocycles. The largest absolute Gasteiger partial charge is 0.493 e. The number of nitrogens with one attached hydrogen (secondary N) is 2. The van der Waals surface area contributed by atoms with Crippen LogP contribution in [-0.4, -0.2) is 32.6 Å². The summed E-state index contributed by atoms with van der Waals surface area (Å²) in [6.07, 6.45) is 0. The molecule has 0 spiro atoms. The minimum absolute atomic E-state index is 0.00679. The fourth-order valence-electron chi connectivity index (χ4n) is 2.44. The van der Waals surface area contributed by atoms with Crippen LogP contribution in [0.5, 0.6) is 17.2 Å². The lowest BCUT2D eigenvalue weighted by Crippen LogP contribution is -2.43. The van der Waals surface area contributed by atoms with Gasteiger partial charge in [0, 0.05) is 5.56 Å². The molecular weight excluding hydrogens is 440 g/mol. The molecule has 0 aromatic heterocycles. The highest BCUT2D eigenvalue weighted by molar-refractivity contribution is 9.10. The first-order valence-corrected chi connectivity index (χ1v) is 9.69. The molecule has 156 valence electrons. The van der Waals surface area contributed by atoms with E-state index in [2.05, 4.69) is 47.6 Å². The van der Waals surface area contributed by atoms with Crippen molar-refractivity contribution in [1.82, 2.24) is 10.9 Å². The highest BCUT2D eigenvalue weighted by atomic mass is 79.9. The topological polar surface area (TPSA) is 85.9 Å². The Hall–Kier alpha value is -2.74. The van der Waals surface area contributed by atoms with Gasteiger partial charge in [0.25, 0.3) is 11.8 Å². The maximum Gasteiger partial charge on any atom is 0.276 e. The summed E-state index contributed by atoms with van der Waals surface area (Å²) in [6, 6.07) is 10.4. The second-order valence-electron chi connectivity index (χ2n) is 7.26. The van der Waals surface area contributed by atoms with Crippen LogP contribution in [0.15, 0.2) is 40.9 Å². The Balaban J connectivity index is 1.89. The number of benzene rings is 2. The van der Waals surface area contributed by atoms with Crippen molar-refractivity contribution in [2.24, 2.45) is 0 Å². The third-order valence-corrected chi connectivity index (χ3v) is 4.74. The molecule has 2 amide bonds. The van der Waals surface area contributed by atoms with Crippen LogP contribution in [-0.2, 0) is 10.2 Å². The summed E-state index contributed by atoms with van der Waals surface area (Å²) in [5.41, 5.74) is 6.12. The molecule has 0 saturated heterocycles. The zero-order valence-corrected chi connectivity index (χ0v) is 18.7. The maximum atomic E-state index is 12.2. The molecular formula is C21H25BrN2O5. The summed E-state index contributed by atoms with van der Waals surface area (Å²) < 4.78 is 16.6. The number of halogens is 1. The summed E-state index contributed by atoms with van der Waals surface area (Å²) in [5, 5.41) is 0. The summed E-state index contributed by atoms with van der Waals surface area (Å²) >= 11 is 3.46. The summed E-state index contributed by atoms with van der Waals surface area (Å²) in [4.78, 5) is 24.2. The van der Waals surface area contributed by atoms with Crippen molar-refractivity contribution >= 4 is 27.7 Å². The third-order valence-electron chi connectivity index (χ3n) is 4.12. The number of rotatable bonds is 6. The normalized spacial score (nSPS) is 10.8. The fraction of sp³-hybridized carbons (Fsp3) is 0.333. The van der Waals surface area contributed by atoms with Gasteiger partial charge >= 0.3 is 0 Å². The van der Waals surface area contributed by atoms with Gasteiger partial charge in [-0.15, -0.1) is 0 Å². The first-order chi connectivity index (χ1) is 13.7. The molecule has 0 aliphatic heterocycles. The van der Waals surface area contributed by atoms with E-state index in [-0.39, 0.29) is 12.0 Å². The van der Waals surface area contributed by atoms with E-state index in [9.17, 15) is 9.59 Å². The molecule has 2 N–H and O–H groups in total. The molecule has 0 aliphatic carbocycles. The van der Waals surface area contributed by atoms with Crippen LogP contribution in [0.2, 0.25) is 0 Å². The van der Waals surface area contributed by atoms with Crippen molar-refractivity contribution < 1.29 is 23.8 Å². The van der Waals surface area contributed by atoms with Gasteiger partial charge in [0.2, 0.25) is 0 Å². The smallest absolute Gasteiger partial charge is 0.276 e. The van der Waals surface area contributed by atoms with Crippen LogP contribution in [0, 0.1) is 0 Å². The van der Waals surface area contributed by atoms with Crippen LogP contribution in [0.1, 0.15) is 36.7 Å². The number of hydrazine groups is 1. The molecule has 2 rings (SSSR count). The van der Waals surface area contributed by atoms with E-state index < -0.39 is 11.8 Å². The van der Waals surface area contributed by atoms with E-state index in [4.69, 9.17) is 14.2 Å². The highest BCUT2D eigenvalue weighted by Crippen LogP contribution is 2.31. The zero-order valence-electron chi connectivity index (χ0n) is 17.1. The van der Waals surface area contributed by atoms with Gasteiger partial charge in [0.05, 0.1) is 18.7 Å². The number of hydrogen-bond donors (Lipinski definition) is 2. The van der Waals surface area contributed by atoms with E-state index in [0.29, 0.717) is 22.8 Å². The molecule has 0 atom stereocenters. The zero-order chi connectivity index (χ0) is 21.6. The Morgan fingerprint density at radius 1 is 0.931 bits per heavy atom. The number of methoxy groups -OCH3 is 2. The van der Waals surface area contributed by atoms with Crippen molar-refractivity contribution in [2.75, 3.05) is 20.8 Å². The minimum Gasteiger partial charge on any atom is -0.493 e. The maximum absolute atomic E-state index is 12.2. The average Bonchev–Trinajstić information content (AvgIpc) is 2.69. The van der Waals surface area contributed by atoms with Gasteiger partial charge in [0.15, 0.2) is 18.1 Å². The van der Waals surface area contributed by atoms with Gasteiger partial charge in [-0.2, -0.15) is 0 Å². The first-order valence-electron chi connectivity index (χ1n) is 8.89. The van der Waals surface area contributed by atoms with E-state index >= 15 is 0 Å². The van der Waals surface area contributed by atoms with Gasteiger partial charge in [-0.05, 0) is 57.2 Å². The van der Waals surface area contributed by atoms with Crippen LogP contribution in [0.3, 0.4) is 0 Å². The SMILES string of the molecule is COc1ccc(C(=O)NNC(=O)COc2ccc(C(C)(C)C)cc2Br)cc1OC. The van der Waals surface area contributed by atoms with Gasteiger partial charge < -0.3 is 14.2 Å². The number of amides is 2. The predicted molar refractivity (Wildman–Crippen MR) is 113 cm³/mol. The second kappa shape index (κ2) is 9.65. The van der Waals surface area contributed by atoms with Crippen LogP contribution >= 0.6 is 15.9 Å². The van der Waals surface area contributed by atoms with Gasteiger partial charge in [-0.3, -0.25) is 20.4 Å². The van der Waals surface area contributed by atoms with Crippen molar-refractivity contribution in [3.8, 4) is 17.2 Å². The van der Waals surface area contributed by atoms with E-state index in [1.165, 1.54) is 20.3 Å². The highest BCUT2D eigenvalue weighted by Gasteiger charge is 2.16. The number of carbonyl (C=O) groups is 2. The monoisotopic (exact) mass is 464 g/mol. The first kappa shape index (κ1) is 22.5. The summed E-state index contributed by atoms with van der Waals surface area (Å²) in [5.74, 6) is 0.475. The molecule has 0 unspecified atom stereocenters. The fourth-order valence-corrected chi connectivity index (χ4v) is 2.93. The van der Waals surface area contributed by atoms with Crippen molar-refractivity contribution in [2.45, 2.75) is 26.2 Å². The summed E-state index contributed by atoms with van der Waals surface area (Å²) in [6.45, 7) is 6.09. The van der Waals surface area contributed by atoms with Crippen molar-refractivity contribution in [1.29, 1.82) is 0 Å². The van der Waals surface area contributed by atoms with Gasteiger partial charge in [0.1, 0.15) is 5.75 Å². The van der Waals surface area contributed by atoms with Crippen molar-refractivity contribution in [3.63, 3.8) is 0 Å². The molecule has 0 heterocycles. The molecule has 0 bridgehead atoms. The Morgan fingerprint density at radius 2 is 1.59 bits per heavy atom. The predicted octanol–water partition coefficient (Wildman–Crippen LogP) is 3.60. The van der Waals surface area contributed by atoms with Crippen LogP contribution in [0.25, 0.3) is 0 Å². The molecule has 2 aromatic carbocycles. The molecule has 7 nitrogen and oxygen atoms in total. The third kappa shape index (κ3) is 6.12. The number of carbonyl (C=O) groups excluding carboxylic acids is 2. The Bertz CT molecular complexity index is 893. The molecule has 8 heteroatoms. The van der Waals surface area contributed by atoms with Gasteiger partial charge in [-0.1, -0.05) is 26.8 Å². The lowest BCUT2D eigenvalue weighted by Gasteiger charge is -2.20. The van der Waals surface area contributed by atoms with E-state index in [1.807, 2.05) is 12.1 Å². The molecule has 2 aromatic rings. The van der Waals surface area contributed by atoms with E-state index in [0.717, 1.165) is 10.0 Å². The van der Waals surface area contributed by atoms with Crippen LogP contribution < -0.4 is 25.1 Å². The quantitative estimate of drug-likeness (QED) is 0.637.